The fourth-order valence-electron chi connectivity index (χ4n) is 6.57. The van der Waals surface area contributed by atoms with Gasteiger partial charge in [0.25, 0.3) is 5.91 Å². The van der Waals surface area contributed by atoms with Crippen LogP contribution in [-0.4, -0.2) is 116 Å². The maximum Gasteiger partial charge on any atom is 0.333 e. The predicted octanol–water partition coefficient (Wildman–Crippen LogP) is 4.45. The Kier molecular flexibility index (Phi) is 12.4. The van der Waals surface area contributed by atoms with E-state index in [2.05, 4.69) is 35.2 Å². The molecule has 0 spiro atoms. The Labute approximate surface area is 337 Å². The van der Waals surface area contributed by atoms with Gasteiger partial charge in [0, 0.05) is 5.56 Å². The van der Waals surface area contributed by atoms with E-state index in [1.807, 2.05) is 12.1 Å². The fraction of sp³-hybridized carbons (Fsp3) is 0.441. The lowest BCUT2D eigenvalue weighted by Gasteiger charge is -2.36. The minimum absolute atomic E-state index is 0.0507. The second-order valence-corrected chi connectivity index (χ2v) is 16.1. The Balaban J connectivity index is 1.09. The number of rotatable bonds is 10. The number of aryl methyl sites for hydroxylation is 1. The maximum absolute atomic E-state index is 16.9. The zero-order valence-corrected chi connectivity index (χ0v) is 32.7. The van der Waals surface area contributed by atoms with Crippen molar-refractivity contribution in [2.75, 3.05) is 31.7 Å². The van der Waals surface area contributed by atoms with Gasteiger partial charge in [-0.1, -0.05) is 18.2 Å². The lowest BCUT2D eigenvalue weighted by molar-refractivity contribution is -0.0615. The van der Waals surface area contributed by atoms with Crippen molar-refractivity contribution < 1.29 is 50.2 Å². The summed E-state index contributed by atoms with van der Waals surface area (Å²) >= 11 is 0. The van der Waals surface area contributed by atoms with Crippen molar-refractivity contribution >= 4 is 58.0 Å². The Hall–Kier alpha value is -4.77. The van der Waals surface area contributed by atoms with Gasteiger partial charge < -0.3 is 28.4 Å². The van der Waals surface area contributed by atoms with E-state index in [0.29, 0.717) is 22.4 Å². The van der Waals surface area contributed by atoms with Gasteiger partial charge in [0.15, 0.2) is 53.5 Å². The number of carbonyl (C=O) groups excluding carboxylic acids is 1. The van der Waals surface area contributed by atoms with Gasteiger partial charge in [-0.3, -0.25) is 13.9 Å². The molecular formula is C34H33BF2N11O9P2. The highest BCUT2D eigenvalue weighted by Crippen LogP contribution is 2.61. The van der Waals surface area contributed by atoms with E-state index < -0.39 is 84.8 Å². The maximum atomic E-state index is 16.9. The van der Waals surface area contributed by atoms with Gasteiger partial charge in [-0.25, -0.2) is 52.3 Å². The molecule has 3 saturated heterocycles. The molecular weight excluding hydrogens is 817 g/mol. The molecule has 305 valence electrons. The number of hydrogen-bond acceptors (Lipinski definition) is 17. The molecule has 3 radical (unpaired) electrons. The largest absolute Gasteiger partial charge is 0.346 e. The standard InChI is InChI=1S/C34H32BF2N11O9P2/c1-19-25-30(42-15-40-19)47(17-44-25)33-23(36)27-22(55-33)14-53-59(35,52-12-6-10-39)57-28-21(13-51-58(56-27)50-11-5-9-38)54-34(24(28)37)48-18-45-26-29(41-16-43-31(26)48)46-32(49)20-7-3-2-4-8-20/h2-4,7-8,15-18,21-24,27-28,33-34H,5-6,11-14H2,1H3/q-1/p+1/t21?,22-,23-,24-,27-,28-,33-,34-,58?,59?/m1/s1. The number of carbonyl (C=O) groups is 1. The first-order valence-corrected chi connectivity index (χ1v) is 20.8. The number of nitrogens with one attached hydrogen (secondary N) is 1. The molecule has 59 heavy (non-hydrogen) atoms. The molecule has 3 fully saturated rings. The van der Waals surface area contributed by atoms with Crippen molar-refractivity contribution in [2.24, 2.45) is 0 Å². The van der Waals surface area contributed by atoms with Crippen molar-refractivity contribution in [3.8, 4) is 12.1 Å². The minimum atomic E-state index is -4.07. The van der Waals surface area contributed by atoms with Crippen LogP contribution in [0.5, 0.6) is 0 Å². The Bertz CT molecular complexity index is 2380. The number of ether oxygens (including phenoxy) is 2. The molecule has 1 aromatic carbocycles. The zero-order chi connectivity index (χ0) is 41.1. The van der Waals surface area contributed by atoms with Crippen LogP contribution in [-0.2, 0) is 36.6 Å². The molecule has 3 aliphatic heterocycles. The molecule has 4 aromatic heterocycles. The van der Waals surface area contributed by atoms with Crippen LogP contribution < -0.4 is 5.32 Å². The summed E-state index contributed by atoms with van der Waals surface area (Å²) in [7, 11) is 0.110. The van der Waals surface area contributed by atoms with E-state index in [1.165, 1.54) is 34.4 Å². The third-order valence-electron chi connectivity index (χ3n) is 9.39. The topological polar surface area (TPSA) is 238 Å². The van der Waals surface area contributed by atoms with Crippen molar-refractivity contribution in [3.63, 3.8) is 0 Å². The van der Waals surface area contributed by atoms with Gasteiger partial charge in [0.05, 0.1) is 56.5 Å². The molecule has 3 aliphatic rings. The van der Waals surface area contributed by atoms with Gasteiger partial charge in [-0.05, 0) is 19.1 Å². The molecule has 25 heteroatoms. The van der Waals surface area contributed by atoms with Crippen LogP contribution in [0.1, 0.15) is 41.3 Å². The summed E-state index contributed by atoms with van der Waals surface area (Å²) in [4.78, 5) is 38.5. The summed E-state index contributed by atoms with van der Waals surface area (Å²) in [5, 5.41) is 21.1. The van der Waals surface area contributed by atoms with E-state index in [4.69, 9.17) is 44.2 Å². The van der Waals surface area contributed by atoms with Crippen LogP contribution in [0.3, 0.4) is 0 Å². The van der Waals surface area contributed by atoms with Gasteiger partial charge in [-0.15, -0.1) is 0 Å². The summed E-state index contributed by atoms with van der Waals surface area (Å²) in [5.41, 5.74) is 1.91. The number of nitrogens with zero attached hydrogens (tertiary/aromatic N) is 10. The number of anilines is 1. The van der Waals surface area contributed by atoms with Crippen LogP contribution in [0.2, 0.25) is 0 Å². The van der Waals surface area contributed by atoms with E-state index in [1.54, 1.807) is 37.3 Å². The van der Waals surface area contributed by atoms with Gasteiger partial charge in [0.1, 0.15) is 57.5 Å². The van der Waals surface area contributed by atoms with E-state index in [0.717, 1.165) is 0 Å². The summed E-state index contributed by atoms with van der Waals surface area (Å²) in [5.74, 6) is -0.389. The summed E-state index contributed by atoms with van der Waals surface area (Å²) in [6.45, 7) is 0.369. The highest BCUT2D eigenvalue weighted by Gasteiger charge is 2.55. The Morgan fingerprint density at radius 1 is 0.915 bits per heavy atom. The number of aromatic nitrogens is 8. The molecule has 0 bridgehead atoms. The number of imidazole rings is 2. The molecule has 5 aromatic rings. The molecule has 0 saturated carbocycles. The quantitative estimate of drug-likeness (QED) is 0.116. The fourth-order valence-corrected chi connectivity index (χ4v) is 9.22. The van der Waals surface area contributed by atoms with E-state index >= 15 is 8.78 Å². The van der Waals surface area contributed by atoms with Crippen LogP contribution in [0.25, 0.3) is 22.3 Å². The SMILES string of the molecule is [B-][P+]1(OCCC#N)OC[C@H]2O[C@@H](n3cnc4c(C)ncnc43)[C@H](F)[C@@H]2OP(OCCC#N)OCC2O[C@@H](n3cnc4c(NC(=O)c5ccccc5)ncnc43)[C@H](F)[C@@H]2O1. The first kappa shape index (κ1) is 41.0. The molecule has 10 atom stereocenters. The van der Waals surface area contributed by atoms with Gasteiger partial charge in [0.2, 0.25) is 0 Å². The number of fused-ring (bicyclic) bond motifs is 4. The van der Waals surface area contributed by atoms with Crippen LogP contribution in [0, 0.1) is 29.6 Å². The summed E-state index contributed by atoms with van der Waals surface area (Å²) in [6, 6.07) is 12.3. The Morgan fingerprint density at radius 2 is 1.56 bits per heavy atom. The monoisotopic (exact) mass is 850 g/mol. The lowest BCUT2D eigenvalue weighted by Crippen LogP contribution is -2.38. The average molecular weight is 850 g/mol. The summed E-state index contributed by atoms with van der Waals surface area (Å²) < 4.78 is 84.6. The van der Waals surface area contributed by atoms with Crippen LogP contribution >= 0.6 is 16.4 Å². The zero-order valence-electron chi connectivity index (χ0n) is 30.9. The predicted molar refractivity (Wildman–Crippen MR) is 201 cm³/mol. The molecule has 20 nitrogen and oxygen atoms in total. The highest BCUT2D eigenvalue weighted by atomic mass is 31.2. The first-order chi connectivity index (χ1) is 28.7. The number of halogens is 2. The normalized spacial score (nSPS) is 29.8. The first-order valence-electron chi connectivity index (χ1n) is 18.1. The highest BCUT2D eigenvalue weighted by molar-refractivity contribution is 7.85. The second kappa shape index (κ2) is 17.8. The molecule has 0 aliphatic carbocycles. The molecule has 1 N–H and O–H groups in total. The number of alkyl halides is 2. The summed E-state index contributed by atoms with van der Waals surface area (Å²) in [6.07, 6.45) is -7.22. The number of nitriles is 2. The Morgan fingerprint density at radius 3 is 2.29 bits per heavy atom. The lowest BCUT2D eigenvalue weighted by atomic mass is 10.1. The smallest absolute Gasteiger partial charge is 0.333 e. The molecule has 7 heterocycles. The second-order valence-electron chi connectivity index (χ2n) is 13.1. The molecule has 3 unspecified atom stereocenters. The van der Waals surface area contributed by atoms with Crippen LogP contribution in [0.4, 0.5) is 14.6 Å². The van der Waals surface area contributed by atoms with Crippen molar-refractivity contribution in [1.29, 1.82) is 10.5 Å². The van der Waals surface area contributed by atoms with Crippen molar-refractivity contribution in [2.45, 2.75) is 69.0 Å². The van der Waals surface area contributed by atoms with Gasteiger partial charge >= 0.3 is 8.60 Å². The van der Waals surface area contributed by atoms with E-state index in [-0.39, 0.29) is 43.0 Å². The van der Waals surface area contributed by atoms with Crippen molar-refractivity contribution in [3.05, 3.63) is 66.9 Å². The van der Waals surface area contributed by atoms with Crippen LogP contribution in [0.15, 0.2) is 55.6 Å². The minimum Gasteiger partial charge on any atom is -0.346 e. The third kappa shape index (κ3) is 8.50. The molecule has 1 amide bonds. The number of benzene rings is 1. The number of amides is 1. The number of hydrogen-bond donors (Lipinski definition) is 1. The van der Waals surface area contributed by atoms with Gasteiger partial charge in [-0.2, -0.15) is 18.1 Å². The molecule has 8 rings (SSSR count). The van der Waals surface area contributed by atoms with Crippen molar-refractivity contribution in [1.82, 2.24) is 39.0 Å². The third-order valence-corrected chi connectivity index (χ3v) is 12.1. The average Bonchev–Trinajstić information content (AvgIpc) is 4.01. The van der Waals surface area contributed by atoms with E-state index in [9.17, 15) is 15.3 Å².